The van der Waals surface area contributed by atoms with Crippen molar-refractivity contribution >= 4 is 76.6 Å². The van der Waals surface area contributed by atoms with E-state index in [9.17, 15) is 0 Å². The second kappa shape index (κ2) is 34.5. The van der Waals surface area contributed by atoms with Crippen molar-refractivity contribution in [1.82, 2.24) is 64.8 Å². The van der Waals surface area contributed by atoms with Crippen LogP contribution in [0.1, 0.15) is 25.0 Å². The Morgan fingerprint density at radius 1 is 0.176 bits per heavy atom. The maximum absolute atomic E-state index is 6.10. The Hall–Kier alpha value is -18.4. The Bertz CT molecular complexity index is 8340. The van der Waals surface area contributed by atoms with Crippen LogP contribution in [0, 0.1) is 0 Å². The molecule has 0 radical (unpaired) electrons. The lowest BCUT2D eigenvalue weighted by molar-refractivity contribution is 0.660. The number of pyridine rings is 4. The van der Waals surface area contributed by atoms with Crippen LogP contribution < -0.4 is 0 Å². The summed E-state index contributed by atoms with van der Waals surface area (Å²) in [5.41, 5.74) is 29.7. The molecule has 0 aliphatic heterocycles. The number of benzene rings is 15. The quantitative estimate of drug-likeness (QED) is 0.0992. The third-order valence-corrected chi connectivity index (χ3v) is 25.4. The molecule has 10 heterocycles. The molecule has 640 valence electrons. The Kier molecular flexibility index (Phi) is 20.5. The lowest BCUT2D eigenvalue weighted by atomic mass is 9.82. The maximum Gasteiger partial charge on any atom is 0.164 e. The van der Waals surface area contributed by atoms with Crippen LogP contribution >= 0.6 is 0 Å². The van der Waals surface area contributed by atoms with Crippen LogP contribution in [0.4, 0.5) is 0 Å². The van der Waals surface area contributed by atoms with Crippen LogP contribution in [0.3, 0.4) is 0 Å². The first kappa shape index (κ1) is 80.9. The zero-order valence-corrected chi connectivity index (χ0v) is 73.5. The van der Waals surface area contributed by atoms with E-state index in [1.807, 2.05) is 206 Å². The number of furan rings is 3. The molecule has 26 rings (SSSR count). The van der Waals surface area contributed by atoms with Gasteiger partial charge in [0.15, 0.2) is 52.4 Å². The molecular formula is C120H77N13O3. The van der Waals surface area contributed by atoms with Crippen molar-refractivity contribution in [3.05, 3.63) is 443 Å². The smallest absolute Gasteiger partial charge is 0.164 e. The number of rotatable bonds is 14. The summed E-state index contributed by atoms with van der Waals surface area (Å²) in [6, 6.07) is 131. The van der Waals surface area contributed by atoms with Gasteiger partial charge < -0.3 is 13.3 Å². The average molecular weight is 1750 g/mol. The summed E-state index contributed by atoms with van der Waals surface area (Å²) in [4.78, 5) is 61.8. The molecule has 10 aromatic heterocycles. The van der Waals surface area contributed by atoms with Crippen molar-refractivity contribution in [2.24, 2.45) is 0 Å². The normalized spacial score (nSPS) is 12.0. The summed E-state index contributed by atoms with van der Waals surface area (Å²) >= 11 is 0. The standard InChI is InChI=1S/C45H32N4.C39H21N3O3.C36H24N6/c1-45(2)39-15-7-6-13-38(39)41-37(14-8-16-40(41)45)34-23-21-33-27-35(24-22-32(33)26-34)44-48-42(30-10-4-3-5-11-30)47-43(49-44)31-19-17-29(18-20-31)36-12-9-25-46-28-36;1-4-10-31-25(7-1)28-19-22(13-16-34(28)43-31)37-40-38(23-14-17-35-29(20-23)26-8-2-5-11-32(26)44-35)42-39(41-37)24-15-18-36-30(21-24)27-9-3-6-12-33(27)45-36;1-4-28(25-10-16-37-17-11-25)22-31(7-1)34-40-35(32-8-2-5-29(23-32)26-12-18-38-19-13-26)42-36(41-34)33-9-3-6-30(24-33)27-14-20-39-21-15-27/h3-28H,1-2H3;1-21H;1-24H. The van der Waals surface area contributed by atoms with Gasteiger partial charge in [-0.05, 0) is 234 Å². The number of hydrogen-bond acceptors (Lipinski definition) is 16. The van der Waals surface area contributed by atoms with Gasteiger partial charge in [0.1, 0.15) is 33.5 Å². The van der Waals surface area contributed by atoms with Gasteiger partial charge in [-0.3, -0.25) is 19.9 Å². The molecule has 0 fully saturated rings. The Labute approximate surface area is 781 Å². The molecule has 0 saturated heterocycles. The maximum atomic E-state index is 6.10. The van der Waals surface area contributed by atoms with Gasteiger partial charge in [-0.25, -0.2) is 44.9 Å². The third kappa shape index (κ3) is 15.5. The van der Waals surface area contributed by atoms with E-state index in [2.05, 4.69) is 216 Å². The Balaban J connectivity index is 0.000000112. The Morgan fingerprint density at radius 2 is 0.471 bits per heavy atom. The number of hydrogen-bond donors (Lipinski definition) is 0. The highest BCUT2D eigenvalue weighted by molar-refractivity contribution is 6.09. The van der Waals surface area contributed by atoms with Crippen LogP contribution in [0.2, 0.25) is 0 Å². The van der Waals surface area contributed by atoms with Gasteiger partial charge in [-0.1, -0.05) is 250 Å². The molecule has 0 unspecified atom stereocenters. The lowest BCUT2D eigenvalue weighted by Crippen LogP contribution is -2.14. The number of para-hydroxylation sites is 3. The molecule has 0 spiro atoms. The van der Waals surface area contributed by atoms with E-state index in [4.69, 9.17) is 58.1 Å². The minimum atomic E-state index is -0.0307. The minimum absolute atomic E-state index is 0.0307. The fourth-order valence-electron chi connectivity index (χ4n) is 18.5. The predicted molar refractivity (Wildman–Crippen MR) is 544 cm³/mol. The first-order valence-electron chi connectivity index (χ1n) is 45.0. The lowest BCUT2D eigenvalue weighted by Gasteiger charge is -2.21. The summed E-state index contributed by atoms with van der Waals surface area (Å²) in [6.45, 7) is 4.66. The van der Waals surface area contributed by atoms with E-state index in [1.54, 1.807) is 43.4 Å². The second-order valence-corrected chi connectivity index (χ2v) is 34.2. The summed E-state index contributed by atoms with van der Waals surface area (Å²) in [6.07, 6.45) is 14.5. The second-order valence-electron chi connectivity index (χ2n) is 34.2. The van der Waals surface area contributed by atoms with E-state index in [1.165, 1.54) is 38.8 Å². The zero-order valence-electron chi connectivity index (χ0n) is 73.5. The summed E-state index contributed by atoms with van der Waals surface area (Å²) in [5.74, 6) is 5.49. The fraction of sp³-hybridized carbons (Fsp3) is 0.0250. The first-order valence-corrected chi connectivity index (χ1v) is 45.0. The van der Waals surface area contributed by atoms with Crippen molar-refractivity contribution in [2.75, 3.05) is 0 Å². The topological polar surface area (TPSA) is 207 Å². The molecule has 15 aromatic carbocycles. The highest BCUT2D eigenvalue weighted by atomic mass is 16.3. The predicted octanol–water partition coefficient (Wildman–Crippen LogP) is 29.7. The van der Waals surface area contributed by atoms with Crippen molar-refractivity contribution in [3.8, 4) is 169 Å². The van der Waals surface area contributed by atoms with Crippen molar-refractivity contribution in [1.29, 1.82) is 0 Å². The zero-order chi connectivity index (χ0) is 90.6. The molecule has 25 aromatic rings. The molecule has 0 atom stereocenters. The molecule has 0 saturated carbocycles. The van der Waals surface area contributed by atoms with Crippen molar-refractivity contribution in [2.45, 2.75) is 19.3 Å². The molecule has 16 nitrogen and oxygen atoms in total. The summed E-state index contributed by atoms with van der Waals surface area (Å²) in [5, 5.41) is 8.53. The van der Waals surface area contributed by atoms with Gasteiger partial charge in [-0.2, -0.15) is 0 Å². The largest absolute Gasteiger partial charge is 0.456 e. The monoisotopic (exact) mass is 1750 g/mol. The van der Waals surface area contributed by atoms with E-state index < -0.39 is 0 Å². The van der Waals surface area contributed by atoms with Gasteiger partial charge in [0.25, 0.3) is 0 Å². The molecule has 1 aliphatic carbocycles. The fourth-order valence-corrected chi connectivity index (χ4v) is 18.5. The van der Waals surface area contributed by atoms with Gasteiger partial charge in [0.2, 0.25) is 0 Å². The third-order valence-electron chi connectivity index (χ3n) is 25.4. The van der Waals surface area contributed by atoms with Gasteiger partial charge in [0, 0.05) is 137 Å². The molecular weight excluding hydrogens is 1670 g/mol. The molecule has 1 aliphatic rings. The number of nitrogens with zero attached hydrogens (tertiary/aromatic N) is 13. The summed E-state index contributed by atoms with van der Waals surface area (Å²) in [7, 11) is 0. The van der Waals surface area contributed by atoms with Crippen molar-refractivity contribution in [3.63, 3.8) is 0 Å². The van der Waals surface area contributed by atoms with Crippen LogP contribution in [0.5, 0.6) is 0 Å². The van der Waals surface area contributed by atoms with Crippen LogP contribution in [-0.2, 0) is 5.41 Å². The minimum Gasteiger partial charge on any atom is -0.456 e. The van der Waals surface area contributed by atoms with E-state index >= 15 is 0 Å². The van der Waals surface area contributed by atoms with E-state index in [-0.39, 0.29) is 5.41 Å². The van der Waals surface area contributed by atoms with Gasteiger partial charge in [-0.15, -0.1) is 0 Å². The SMILES string of the molecule is CC1(C)c2ccccc2-c2c(-c3ccc4cc(-c5nc(-c6ccccc6)nc(-c6ccc(-c7cccnc7)cc6)n5)ccc4c3)cccc21.c1cc(-c2ccncc2)cc(-c2nc(-c3cccc(-c4ccncc4)c3)nc(-c3cccc(-c4ccncc4)c3)n2)c1.c1ccc2c(c1)oc1ccc(-c3nc(-c4ccc5oc6ccccc6c5c4)nc(-c4ccc5oc6ccccc6c5c4)n3)cc12. The molecule has 0 amide bonds. The van der Waals surface area contributed by atoms with Gasteiger partial charge >= 0.3 is 0 Å². The first-order chi connectivity index (χ1) is 67.1. The van der Waals surface area contributed by atoms with Crippen LogP contribution in [-0.4, -0.2) is 64.8 Å². The molecule has 136 heavy (non-hydrogen) atoms. The highest BCUT2D eigenvalue weighted by Crippen LogP contribution is 2.53. The van der Waals surface area contributed by atoms with E-state index in [0.717, 1.165) is 166 Å². The Morgan fingerprint density at radius 3 is 0.904 bits per heavy atom. The molecule has 0 N–H and O–H groups in total. The number of aromatic nitrogens is 13. The van der Waals surface area contributed by atoms with Crippen LogP contribution in [0.15, 0.2) is 445 Å². The van der Waals surface area contributed by atoms with E-state index in [0.29, 0.717) is 52.4 Å². The molecule has 0 bridgehead atoms. The highest BCUT2D eigenvalue weighted by Gasteiger charge is 2.37. The number of fused-ring (bicyclic) bond motifs is 13. The van der Waals surface area contributed by atoms with Gasteiger partial charge in [0.05, 0.1) is 0 Å². The average Bonchev–Trinajstić information content (AvgIpc) is 1.57. The van der Waals surface area contributed by atoms with Crippen LogP contribution in [0.25, 0.3) is 246 Å². The summed E-state index contributed by atoms with van der Waals surface area (Å²) < 4.78 is 18.3. The molecule has 16 heteroatoms. The van der Waals surface area contributed by atoms with Crippen molar-refractivity contribution < 1.29 is 13.3 Å².